The van der Waals surface area contributed by atoms with Crippen LogP contribution in [-0.4, -0.2) is 44.7 Å². The topological polar surface area (TPSA) is 101 Å². The van der Waals surface area contributed by atoms with Gasteiger partial charge in [-0.05, 0) is 19.1 Å². The highest BCUT2D eigenvalue weighted by Crippen LogP contribution is 2.14. The zero-order valence-corrected chi connectivity index (χ0v) is 14.5. The summed E-state index contributed by atoms with van der Waals surface area (Å²) >= 11 is 1.43. The van der Waals surface area contributed by atoms with E-state index in [4.69, 9.17) is 0 Å². The molecule has 9 heteroatoms. The van der Waals surface area contributed by atoms with Gasteiger partial charge in [-0.2, -0.15) is 9.61 Å². The first-order valence-corrected chi connectivity index (χ1v) is 8.73. The molecule has 1 aromatic carbocycles. The summed E-state index contributed by atoms with van der Waals surface area (Å²) in [5.41, 5.74) is 0.604. The van der Waals surface area contributed by atoms with Crippen LogP contribution in [0.5, 0.6) is 0 Å². The molecule has 0 unspecified atom stereocenters. The number of hydrogen-bond donors (Lipinski definition) is 2. The van der Waals surface area contributed by atoms with Crippen LogP contribution in [0.15, 0.2) is 30.3 Å². The number of aromatic nitrogens is 4. The van der Waals surface area contributed by atoms with Gasteiger partial charge in [-0.1, -0.05) is 29.5 Å². The van der Waals surface area contributed by atoms with Crippen LogP contribution in [0, 0.1) is 6.92 Å². The number of amides is 2. The molecule has 0 aliphatic heterocycles. The fraction of sp³-hybridized carbons (Fsp3) is 0.312. The van der Waals surface area contributed by atoms with E-state index in [9.17, 15) is 9.59 Å². The van der Waals surface area contributed by atoms with Crippen molar-refractivity contribution in [2.24, 2.45) is 0 Å². The number of aryl methyl sites for hydroxylation is 2. The Morgan fingerprint density at radius 1 is 1.12 bits per heavy atom. The number of hydrogen-bond acceptors (Lipinski definition) is 6. The molecule has 0 atom stereocenters. The van der Waals surface area contributed by atoms with Gasteiger partial charge < -0.3 is 10.6 Å². The van der Waals surface area contributed by atoms with Gasteiger partial charge in [0.05, 0.1) is 0 Å². The van der Waals surface area contributed by atoms with Crippen molar-refractivity contribution in [2.45, 2.75) is 19.8 Å². The largest absolute Gasteiger partial charge is 0.354 e. The van der Waals surface area contributed by atoms with Gasteiger partial charge in [0, 0.05) is 31.5 Å². The molecular formula is C16H18N6O2S. The monoisotopic (exact) mass is 358 g/mol. The Balaban J connectivity index is 1.36. The van der Waals surface area contributed by atoms with E-state index < -0.39 is 0 Å². The Morgan fingerprint density at radius 2 is 1.88 bits per heavy atom. The molecule has 3 rings (SSSR count). The number of fused-ring (bicyclic) bond motifs is 1. The molecule has 2 N–H and O–H groups in total. The Kier molecular flexibility index (Phi) is 5.34. The lowest BCUT2D eigenvalue weighted by atomic mass is 10.2. The molecule has 130 valence electrons. The van der Waals surface area contributed by atoms with Crippen molar-refractivity contribution >= 4 is 28.1 Å². The van der Waals surface area contributed by atoms with E-state index >= 15 is 0 Å². The van der Waals surface area contributed by atoms with Crippen LogP contribution in [0.25, 0.3) is 4.96 Å². The van der Waals surface area contributed by atoms with E-state index in [-0.39, 0.29) is 11.8 Å². The van der Waals surface area contributed by atoms with Gasteiger partial charge in [-0.15, -0.1) is 10.2 Å². The van der Waals surface area contributed by atoms with Crippen molar-refractivity contribution in [3.63, 3.8) is 0 Å². The summed E-state index contributed by atoms with van der Waals surface area (Å²) in [6, 6.07) is 8.97. The minimum Gasteiger partial charge on any atom is -0.354 e. The summed E-state index contributed by atoms with van der Waals surface area (Å²) in [5.74, 6) is 0.512. The SMILES string of the molecule is Cc1nnc2sc(CCC(=O)NCCNC(=O)c3ccccc3)nn12. The van der Waals surface area contributed by atoms with E-state index in [2.05, 4.69) is 25.9 Å². The molecule has 0 spiro atoms. The third-order valence-electron chi connectivity index (χ3n) is 3.52. The van der Waals surface area contributed by atoms with Gasteiger partial charge in [0.15, 0.2) is 5.82 Å². The van der Waals surface area contributed by atoms with Crippen LogP contribution < -0.4 is 10.6 Å². The summed E-state index contributed by atoms with van der Waals surface area (Å²) in [6.07, 6.45) is 0.894. The molecule has 0 saturated carbocycles. The van der Waals surface area contributed by atoms with Gasteiger partial charge in [-0.3, -0.25) is 9.59 Å². The van der Waals surface area contributed by atoms with E-state index in [1.807, 2.05) is 25.1 Å². The number of carbonyl (C=O) groups excluding carboxylic acids is 2. The summed E-state index contributed by atoms with van der Waals surface area (Å²) < 4.78 is 1.68. The molecule has 3 aromatic rings. The smallest absolute Gasteiger partial charge is 0.251 e. The maximum Gasteiger partial charge on any atom is 0.251 e. The zero-order valence-electron chi connectivity index (χ0n) is 13.7. The predicted molar refractivity (Wildman–Crippen MR) is 93.5 cm³/mol. The summed E-state index contributed by atoms with van der Waals surface area (Å²) in [7, 11) is 0. The average molecular weight is 358 g/mol. The highest BCUT2D eigenvalue weighted by atomic mass is 32.1. The van der Waals surface area contributed by atoms with Crippen molar-refractivity contribution in [1.29, 1.82) is 0 Å². The molecule has 25 heavy (non-hydrogen) atoms. The van der Waals surface area contributed by atoms with Gasteiger partial charge in [-0.25, -0.2) is 0 Å². The number of carbonyl (C=O) groups is 2. The minimum atomic E-state index is -0.148. The summed E-state index contributed by atoms with van der Waals surface area (Å²) in [6.45, 7) is 2.61. The lowest BCUT2D eigenvalue weighted by Gasteiger charge is -2.06. The van der Waals surface area contributed by atoms with Crippen LogP contribution in [0.1, 0.15) is 27.6 Å². The second-order valence-electron chi connectivity index (χ2n) is 5.41. The van der Waals surface area contributed by atoms with Crippen molar-refractivity contribution in [3.8, 4) is 0 Å². The first-order chi connectivity index (χ1) is 12.1. The molecule has 8 nitrogen and oxygen atoms in total. The van der Waals surface area contributed by atoms with Crippen LogP contribution in [0.3, 0.4) is 0 Å². The first-order valence-electron chi connectivity index (χ1n) is 7.91. The number of nitrogens with zero attached hydrogens (tertiary/aromatic N) is 4. The Hall–Kier alpha value is -2.81. The molecule has 2 aromatic heterocycles. The molecule has 0 radical (unpaired) electrons. The van der Waals surface area contributed by atoms with Gasteiger partial charge in [0.25, 0.3) is 5.91 Å². The highest BCUT2D eigenvalue weighted by molar-refractivity contribution is 7.16. The van der Waals surface area contributed by atoms with Gasteiger partial charge in [0.2, 0.25) is 10.9 Å². The van der Waals surface area contributed by atoms with Gasteiger partial charge >= 0.3 is 0 Å². The van der Waals surface area contributed by atoms with Crippen LogP contribution in [0.2, 0.25) is 0 Å². The maximum absolute atomic E-state index is 11.9. The van der Waals surface area contributed by atoms with Crippen molar-refractivity contribution in [2.75, 3.05) is 13.1 Å². The van der Waals surface area contributed by atoms with Crippen LogP contribution in [-0.2, 0) is 11.2 Å². The van der Waals surface area contributed by atoms with E-state index in [1.54, 1.807) is 16.6 Å². The molecule has 0 fully saturated rings. The molecule has 0 bridgehead atoms. The first kappa shape index (κ1) is 17.0. The fourth-order valence-corrected chi connectivity index (χ4v) is 3.11. The second-order valence-corrected chi connectivity index (χ2v) is 6.45. The summed E-state index contributed by atoms with van der Waals surface area (Å²) in [5, 5.41) is 18.7. The molecule has 0 saturated heterocycles. The molecular weight excluding hydrogens is 340 g/mol. The second kappa shape index (κ2) is 7.84. The maximum atomic E-state index is 11.9. The van der Waals surface area contributed by atoms with E-state index in [1.165, 1.54) is 11.3 Å². The molecule has 2 heterocycles. The molecule has 0 aliphatic rings. The quantitative estimate of drug-likeness (QED) is 0.613. The third kappa shape index (κ3) is 4.38. The highest BCUT2D eigenvalue weighted by Gasteiger charge is 2.10. The predicted octanol–water partition coefficient (Wildman–Crippen LogP) is 0.973. The Morgan fingerprint density at radius 3 is 2.64 bits per heavy atom. The summed E-state index contributed by atoms with van der Waals surface area (Å²) in [4.78, 5) is 24.4. The fourth-order valence-electron chi connectivity index (χ4n) is 2.23. The van der Waals surface area contributed by atoms with Crippen molar-refractivity contribution < 1.29 is 9.59 Å². The number of rotatable bonds is 7. The Labute approximate surface area is 148 Å². The minimum absolute atomic E-state index is 0.0725. The zero-order chi connectivity index (χ0) is 17.6. The number of benzene rings is 1. The standard InChI is InChI=1S/C16H18N6O2S/c1-11-19-20-16-22(11)21-14(25-16)8-7-13(23)17-9-10-18-15(24)12-5-3-2-4-6-12/h2-6H,7-10H2,1H3,(H,17,23)(H,18,24). The van der Waals surface area contributed by atoms with E-state index in [0.717, 1.165) is 15.8 Å². The van der Waals surface area contributed by atoms with Crippen molar-refractivity contribution in [3.05, 3.63) is 46.7 Å². The third-order valence-corrected chi connectivity index (χ3v) is 4.48. The molecule has 0 aliphatic carbocycles. The number of nitrogens with one attached hydrogen (secondary N) is 2. The normalized spacial score (nSPS) is 10.8. The van der Waals surface area contributed by atoms with Crippen LogP contribution in [0.4, 0.5) is 0 Å². The molecule has 2 amide bonds. The Bertz CT molecular complexity index is 873. The van der Waals surface area contributed by atoms with Crippen molar-refractivity contribution in [1.82, 2.24) is 30.4 Å². The average Bonchev–Trinajstić information content (AvgIpc) is 3.19. The lowest BCUT2D eigenvalue weighted by molar-refractivity contribution is -0.121. The van der Waals surface area contributed by atoms with Crippen LogP contribution >= 0.6 is 11.3 Å². The van der Waals surface area contributed by atoms with Gasteiger partial charge in [0.1, 0.15) is 5.01 Å². The lowest BCUT2D eigenvalue weighted by Crippen LogP contribution is -2.34. The van der Waals surface area contributed by atoms with E-state index in [0.29, 0.717) is 31.5 Å².